The molecule has 2 heterocycles. The van der Waals surface area contributed by atoms with Gasteiger partial charge in [-0.25, -0.2) is 9.97 Å². The molecule has 2 aromatic rings. The standard InChI is InChI=1S/C13H21N5O/c1-3-10(7-19)5-4-6-18-8-15-11-9(2)16-13(14)17-12(11)18/h8,10,19H,3-7H2,1-2H3,(H2,14,16,17). The van der Waals surface area contributed by atoms with Gasteiger partial charge in [-0.1, -0.05) is 13.3 Å². The predicted molar refractivity (Wildman–Crippen MR) is 74.6 cm³/mol. The number of hydrogen-bond donors (Lipinski definition) is 2. The van der Waals surface area contributed by atoms with Crippen LogP contribution in [0.1, 0.15) is 31.9 Å². The van der Waals surface area contributed by atoms with Crippen LogP contribution in [0.25, 0.3) is 11.2 Å². The van der Waals surface area contributed by atoms with Crippen LogP contribution < -0.4 is 5.73 Å². The zero-order chi connectivity index (χ0) is 13.8. The van der Waals surface area contributed by atoms with E-state index < -0.39 is 0 Å². The average Bonchev–Trinajstić information content (AvgIpc) is 2.78. The predicted octanol–water partition coefficient (Wildman–Crippen LogP) is 1.52. The van der Waals surface area contributed by atoms with E-state index in [1.807, 2.05) is 11.5 Å². The van der Waals surface area contributed by atoms with Gasteiger partial charge in [0.05, 0.1) is 12.0 Å². The van der Waals surface area contributed by atoms with Crippen molar-refractivity contribution in [1.29, 1.82) is 0 Å². The summed E-state index contributed by atoms with van der Waals surface area (Å²) in [6.07, 6.45) is 4.79. The number of aromatic nitrogens is 4. The Labute approximate surface area is 112 Å². The van der Waals surface area contributed by atoms with E-state index >= 15 is 0 Å². The highest BCUT2D eigenvalue weighted by atomic mass is 16.3. The summed E-state index contributed by atoms with van der Waals surface area (Å²) in [5.41, 5.74) is 8.09. The van der Waals surface area contributed by atoms with Crippen molar-refractivity contribution in [2.45, 2.75) is 39.7 Å². The maximum absolute atomic E-state index is 9.17. The van der Waals surface area contributed by atoms with Gasteiger partial charge in [-0.2, -0.15) is 4.98 Å². The second kappa shape index (κ2) is 5.97. The monoisotopic (exact) mass is 263 g/mol. The Morgan fingerprint density at radius 2 is 2.21 bits per heavy atom. The normalized spacial score (nSPS) is 13.0. The van der Waals surface area contributed by atoms with Gasteiger partial charge in [0.2, 0.25) is 5.95 Å². The van der Waals surface area contributed by atoms with Crippen molar-refractivity contribution < 1.29 is 5.11 Å². The minimum absolute atomic E-state index is 0.259. The Balaban J connectivity index is 2.09. The molecular formula is C13H21N5O. The van der Waals surface area contributed by atoms with Crippen LogP contribution in [0.5, 0.6) is 0 Å². The number of nitrogens with zero attached hydrogens (tertiary/aromatic N) is 4. The second-order valence-corrected chi connectivity index (χ2v) is 4.88. The summed E-state index contributed by atoms with van der Waals surface area (Å²) in [4.78, 5) is 12.7. The van der Waals surface area contributed by atoms with Crippen LogP contribution in [-0.4, -0.2) is 31.2 Å². The van der Waals surface area contributed by atoms with Gasteiger partial charge in [-0.05, 0) is 25.7 Å². The molecule has 0 bridgehead atoms. The van der Waals surface area contributed by atoms with Crippen molar-refractivity contribution in [2.75, 3.05) is 12.3 Å². The molecule has 3 N–H and O–H groups in total. The second-order valence-electron chi connectivity index (χ2n) is 4.88. The molecule has 0 fully saturated rings. The molecule has 0 saturated carbocycles. The van der Waals surface area contributed by atoms with Gasteiger partial charge >= 0.3 is 0 Å². The van der Waals surface area contributed by atoms with Crippen molar-refractivity contribution in [3.05, 3.63) is 12.0 Å². The molecule has 6 heteroatoms. The van der Waals surface area contributed by atoms with Crippen LogP contribution in [0.4, 0.5) is 5.95 Å². The number of aryl methyl sites for hydroxylation is 2. The van der Waals surface area contributed by atoms with Crippen molar-refractivity contribution in [1.82, 2.24) is 19.5 Å². The van der Waals surface area contributed by atoms with Crippen LogP contribution in [0.3, 0.4) is 0 Å². The highest BCUT2D eigenvalue weighted by Crippen LogP contribution is 2.16. The topological polar surface area (TPSA) is 89.8 Å². The molecular weight excluding hydrogens is 242 g/mol. The maximum Gasteiger partial charge on any atom is 0.222 e. The van der Waals surface area contributed by atoms with E-state index in [1.165, 1.54) is 0 Å². The highest BCUT2D eigenvalue weighted by Gasteiger charge is 2.10. The van der Waals surface area contributed by atoms with Gasteiger partial charge < -0.3 is 15.4 Å². The lowest BCUT2D eigenvalue weighted by Gasteiger charge is -2.11. The summed E-state index contributed by atoms with van der Waals surface area (Å²) in [5.74, 6) is 0.671. The van der Waals surface area contributed by atoms with Gasteiger partial charge in [-0.3, -0.25) is 0 Å². The van der Waals surface area contributed by atoms with Gasteiger partial charge in [0, 0.05) is 13.2 Å². The first kappa shape index (κ1) is 13.7. The molecule has 0 amide bonds. The third-order valence-corrected chi connectivity index (χ3v) is 3.50. The first-order valence-electron chi connectivity index (χ1n) is 6.71. The van der Waals surface area contributed by atoms with Crippen molar-refractivity contribution in [3.8, 4) is 0 Å². The molecule has 0 aliphatic rings. The third-order valence-electron chi connectivity index (χ3n) is 3.50. The molecule has 104 valence electrons. The smallest absolute Gasteiger partial charge is 0.222 e. The highest BCUT2D eigenvalue weighted by molar-refractivity contribution is 5.74. The Morgan fingerprint density at radius 1 is 1.42 bits per heavy atom. The number of aliphatic hydroxyl groups excluding tert-OH is 1. The fourth-order valence-corrected chi connectivity index (χ4v) is 2.25. The van der Waals surface area contributed by atoms with E-state index in [4.69, 9.17) is 5.73 Å². The Kier molecular flexibility index (Phi) is 4.31. The summed E-state index contributed by atoms with van der Waals surface area (Å²) in [5, 5.41) is 9.17. The van der Waals surface area contributed by atoms with E-state index in [9.17, 15) is 5.11 Å². The Hall–Kier alpha value is -1.69. The van der Waals surface area contributed by atoms with Crippen molar-refractivity contribution in [3.63, 3.8) is 0 Å². The summed E-state index contributed by atoms with van der Waals surface area (Å²) in [7, 11) is 0. The van der Waals surface area contributed by atoms with Gasteiger partial charge in [0.25, 0.3) is 0 Å². The minimum atomic E-state index is 0.259. The molecule has 0 aliphatic heterocycles. The SMILES string of the molecule is CCC(CO)CCCn1cnc2c(C)nc(N)nc21. The van der Waals surface area contributed by atoms with Crippen LogP contribution in [-0.2, 0) is 6.54 Å². The van der Waals surface area contributed by atoms with Gasteiger partial charge in [-0.15, -0.1) is 0 Å². The lowest BCUT2D eigenvalue weighted by Crippen LogP contribution is -2.07. The summed E-state index contributed by atoms with van der Waals surface area (Å²) < 4.78 is 2.00. The quantitative estimate of drug-likeness (QED) is 0.824. The third kappa shape index (κ3) is 3.01. The number of nitrogens with two attached hydrogens (primary N) is 1. The summed E-state index contributed by atoms with van der Waals surface area (Å²) in [6.45, 7) is 5.08. The number of rotatable bonds is 6. The average molecular weight is 263 g/mol. The largest absolute Gasteiger partial charge is 0.396 e. The van der Waals surface area contributed by atoms with Crippen LogP contribution >= 0.6 is 0 Å². The van der Waals surface area contributed by atoms with E-state index in [2.05, 4.69) is 21.9 Å². The van der Waals surface area contributed by atoms with Crippen molar-refractivity contribution in [2.24, 2.45) is 5.92 Å². The Morgan fingerprint density at radius 3 is 2.89 bits per heavy atom. The molecule has 0 aliphatic carbocycles. The maximum atomic E-state index is 9.17. The zero-order valence-electron chi connectivity index (χ0n) is 11.5. The fourth-order valence-electron chi connectivity index (χ4n) is 2.25. The molecule has 2 rings (SSSR count). The fraction of sp³-hybridized carbons (Fsp3) is 0.615. The van der Waals surface area contributed by atoms with Crippen LogP contribution in [0.15, 0.2) is 6.33 Å². The van der Waals surface area contributed by atoms with E-state index in [1.54, 1.807) is 6.33 Å². The number of nitrogen functional groups attached to an aromatic ring is 1. The molecule has 0 spiro atoms. The van der Waals surface area contributed by atoms with Gasteiger partial charge in [0.1, 0.15) is 5.52 Å². The molecule has 0 radical (unpaired) electrons. The molecule has 2 aromatic heterocycles. The number of aliphatic hydroxyl groups is 1. The molecule has 1 unspecified atom stereocenters. The molecule has 6 nitrogen and oxygen atoms in total. The number of anilines is 1. The number of fused-ring (bicyclic) bond motifs is 1. The molecule has 1 atom stereocenters. The van der Waals surface area contributed by atoms with Crippen LogP contribution in [0, 0.1) is 12.8 Å². The first-order valence-corrected chi connectivity index (χ1v) is 6.71. The first-order chi connectivity index (χ1) is 9.15. The Bertz CT molecular complexity index is 547. The van der Waals surface area contributed by atoms with Crippen molar-refractivity contribution >= 4 is 17.1 Å². The lowest BCUT2D eigenvalue weighted by molar-refractivity contribution is 0.211. The number of hydrogen-bond acceptors (Lipinski definition) is 5. The number of imidazole rings is 1. The van der Waals surface area contributed by atoms with Crippen LogP contribution in [0.2, 0.25) is 0 Å². The lowest BCUT2D eigenvalue weighted by atomic mass is 10.0. The van der Waals surface area contributed by atoms with E-state index in [0.717, 1.165) is 42.7 Å². The molecule has 0 aromatic carbocycles. The van der Waals surface area contributed by atoms with E-state index in [0.29, 0.717) is 5.92 Å². The summed E-state index contributed by atoms with van der Waals surface area (Å²) >= 11 is 0. The minimum Gasteiger partial charge on any atom is -0.396 e. The van der Waals surface area contributed by atoms with E-state index in [-0.39, 0.29) is 12.6 Å². The zero-order valence-corrected chi connectivity index (χ0v) is 11.5. The molecule has 19 heavy (non-hydrogen) atoms. The summed E-state index contributed by atoms with van der Waals surface area (Å²) in [6, 6.07) is 0. The molecule has 0 saturated heterocycles. The van der Waals surface area contributed by atoms with Gasteiger partial charge in [0.15, 0.2) is 5.65 Å².